The van der Waals surface area contributed by atoms with Crippen molar-refractivity contribution in [1.82, 2.24) is 4.90 Å². The predicted molar refractivity (Wildman–Crippen MR) is 82.1 cm³/mol. The van der Waals surface area contributed by atoms with Gasteiger partial charge in [0.2, 0.25) is 0 Å². The van der Waals surface area contributed by atoms with Gasteiger partial charge in [-0.25, -0.2) is 0 Å². The number of hydrogen-bond donors (Lipinski definition) is 1. The highest BCUT2D eigenvalue weighted by atomic mass is 16.5. The fourth-order valence-electron chi connectivity index (χ4n) is 2.02. The standard InChI is InChI=1S/C16H28N2O/c1-5-9-18(10-11-19-16(2,3)4)13-14-7-6-8-15(17)12-14/h6-8,12H,5,9-11,13,17H2,1-4H3. The molecule has 0 atom stereocenters. The second kappa shape index (κ2) is 7.51. The number of nitrogens with zero attached hydrogens (tertiary/aromatic N) is 1. The Bertz CT molecular complexity index is 371. The van der Waals surface area contributed by atoms with Gasteiger partial charge in [-0.15, -0.1) is 0 Å². The molecule has 0 spiro atoms. The Morgan fingerprint density at radius 2 is 1.95 bits per heavy atom. The van der Waals surface area contributed by atoms with Crippen molar-refractivity contribution in [3.8, 4) is 0 Å². The fourth-order valence-corrected chi connectivity index (χ4v) is 2.02. The molecule has 0 radical (unpaired) electrons. The molecule has 0 aromatic heterocycles. The van der Waals surface area contributed by atoms with Crippen LogP contribution in [-0.4, -0.2) is 30.2 Å². The van der Waals surface area contributed by atoms with E-state index in [1.165, 1.54) is 5.56 Å². The zero-order chi connectivity index (χ0) is 14.3. The summed E-state index contributed by atoms with van der Waals surface area (Å²) in [7, 11) is 0. The molecule has 0 bridgehead atoms. The number of ether oxygens (including phenoxy) is 1. The van der Waals surface area contributed by atoms with Crippen molar-refractivity contribution in [1.29, 1.82) is 0 Å². The van der Waals surface area contributed by atoms with Crippen LogP contribution in [0.15, 0.2) is 24.3 Å². The number of anilines is 1. The molecule has 0 saturated carbocycles. The molecule has 1 rings (SSSR count). The van der Waals surface area contributed by atoms with Crippen LogP contribution in [0.2, 0.25) is 0 Å². The third kappa shape index (κ3) is 7.19. The van der Waals surface area contributed by atoms with E-state index in [1.807, 2.05) is 18.2 Å². The van der Waals surface area contributed by atoms with E-state index < -0.39 is 0 Å². The van der Waals surface area contributed by atoms with Crippen molar-refractivity contribution in [3.63, 3.8) is 0 Å². The monoisotopic (exact) mass is 264 g/mol. The van der Waals surface area contributed by atoms with Gasteiger partial charge < -0.3 is 10.5 Å². The lowest BCUT2D eigenvalue weighted by Crippen LogP contribution is -2.31. The van der Waals surface area contributed by atoms with Gasteiger partial charge in [0.15, 0.2) is 0 Å². The molecule has 19 heavy (non-hydrogen) atoms. The Kier molecular flexibility index (Phi) is 6.32. The highest BCUT2D eigenvalue weighted by Crippen LogP contribution is 2.11. The second-order valence-corrected chi connectivity index (χ2v) is 5.98. The van der Waals surface area contributed by atoms with E-state index in [1.54, 1.807) is 0 Å². The third-order valence-corrected chi connectivity index (χ3v) is 2.84. The van der Waals surface area contributed by atoms with Crippen LogP contribution in [0.5, 0.6) is 0 Å². The fraction of sp³-hybridized carbons (Fsp3) is 0.625. The largest absolute Gasteiger partial charge is 0.399 e. The summed E-state index contributed by atoms with van der Waals surface area (Å²) in [5, 5.41) is 0. The molecular formula is C16H28N2O. The van der Waals surface area contributed by atoms with Crippen molar-refractivity contribution in [2.24, 2.45) is 0 Å². The molecule has 0 amide bonds. The average Bonchev–Trinajstić information content (AvgIpc) is 2.27. The smallest absolute Gasteiger partial charge is 0.0600 e. The highest BCUT2D eigenvalue weighted by molar-refractivity contribution is 5.40. The minimum Gasteiger partial charge on any atom is -0.399 e. The lowest BCUT2D eigenvalue weighted by Gasteiger charge is -2.25. The van der Waals surface area contributed by atoms with E-state index in [0.717, 1.165) is 38.3 Å². The first-order valence-corrected chi connectivity index (χ1v) is 7.11. The maximum absolute atomic E-state index is 5.82. The highest BCUT2D eigenvalue weighted by Gasteiger charge is 2.11. The predicted octanol–water partition coefficient (Wildman–Crippen LogP) is 3.30. The van der Waals surface area contributed by atoms with Gasteiger partial charge in [0.05, 0.1) is 12.2 Å². The van der Waals surface area contributed by atoms with Gasteiger partial charge in [0, 0.05) is 18.8 Å². The summed E-state index contributed by atoms with van der Waals surface area (Å²) in [6.07, 6.45) is 1.15. The van der Waals surface area contributed by atoms with E-state index in [-0.39, 0.29) is 5.60 Å². The van der Waals surface area contributed by atoms with Crippen LogP contribution in [0.4, 0.5) is 5.69 Å². The molecule has 1 aromatic carbocycles. The van der Waals surface area contributed by atoms with Gasteiger partial charge in [0.25, 0.3) is 0 Å². The van der Waals surface area contributed by atoms with Crippen molar-refractivity contribution in [3.05, 3.63) is 29.8 Å². The Labute approximate surface area is 117 Å². The second-order valence-electron chi connectivity index (χ2n) is 5.98. The normalized spacial score (nSPS) is 12.1. The van der Waals surface area contributed by atoms with Crippen molar-refractivity contribution >= 4 is 5.69 Å². The van der Waals surface area contributed by atoms with Crippen LogP contribution in [0.1, 0.15) is 39.7 Å². The van der Waals surface area contributed by atoms with E-state index in [4.69, 9.17) is 10.5 Å². The number of benzene rings is 1. The average molecular weight is 264 g/mol. The summed E-state index contributed by atoms with van der Waals surface area (Å²) < 4.78 is 5.80. The minimum atomic E-state index is -0.0605. The first-order valence-electron chi connectivity index (χ1n) is 7.11. The Hall–Kier alpha value is -1.06. The first-order chi connectivity index (χ1) is 8.90. The van der Waals surface area contributed by atoms with Crippen molar-refractivity contribution < 1.29 is 4.74 Å². The summed E-state index contributed by atoms with van der Waals surface area (Å²) in [6, 6.07) is 8.12. The van der Waals surface area contributed by atoms with Crippen LogP contribution in [0.25, 0.3) is 0 Å². The molecule has 0 aliphatic heterocycles. The zero-order valence-corrected chi connectivity index (χ0v) is 12.8. The van der Waals surface area contributed by atoms with E-state index >= 15 is 0 Å². The third-order valence-electron chi connectivity index (χ3n) is 2.84. The summed E-state index contributed by atoms with van der Waals surface area (Å²) in [5.41, 5.74) is 7.86. The number of hydrogen-bond acceptors (Lipinski definition) is 3. The Morgan fingerprint density at radius 3 is 2.53 bits per heavy atom. The lowest BCUT2D eigenvalue weighted by molar-refractivity contribution is -0.0139. The molecule has 3 heteroatoms. The van der Waals surface area contributed by atoms with Gasteiger partial charge in [-0.1, -0.05) is 19.1 Å². The quantitative estimate of drug-likeness (QED) is 0.768. The summed E-state index contributed by atoms with van der Waals surface area (Å²) in [6.45, 7) is 12.2. The zero-order valence-electron chi connectivity index (χ0n) is 12.8. The molecular weight excluding hydrogens is 236 g/mol. The molecule has 2 N–H and O–H groups in total. The van der Waals surface area contributed by atoms with E-state index in [0.29, 0.717) is 0 Å². The minimum absolute atomic E-state index is 0.0605. The summed E-state index contributed by atoms with van der Waals surface area (Å²) in [5.74, 6) is 0. The number of nitrogen functional groups attached to an aromatic ring is 1. The van der Waals surface area contributed by atoms with Crippen LogP contribution in [-0.2, 0) is 11.3 Å². The molecule has 0 fully saturated rings. The van der Waals surface area contributed by atoms with Crippen LogP contribution >= 0.6 is 0 Å². The number of nitrogens with two attached hydrogens (primary N) is 1. The van der Waals surface area contributed by atoms with Gasteiger partial charge in [0.1, 0.15) is 0 Å². The maximum Gasteiger partial charge on any atom is 0.0600 e. The van der Waals surface area contributed by atoms with Gasteiger partial charge in [-0.05, 0) is 51.4 Å². The molecule has 3 nitrogen and oxygen atoms in total. The van der Waals surface area contributed by atoms with Crippen LogP contribution in [0.3, 0.4) is 0 Å². The molecule has 0 unspecified atom stereocenters. The van der Waals surface area contributed by atoms with E-state index in [9.17, 15) is 0 Å². The van der Waals surface area contributed by atoms with Crippen LogP contribution < -0.4 is 5.73 Å². The van der Waals surface area contributed by atoms with Gasteiger partial charge in [-0.2, -0.15) is 0 Å². The molecule has 108 valence electrons. The molecule has 1 aromatic rings. The molecule has 0 heterocycles. The van der Waals surface area contributed by atoms with E-state index in [2.05, 4.69) is 38.7 Å². The first kappa shape index (κ1) is 16.0. The van der Waals surface area contributed by atoms with Gasteiger partial charge in [-0.3, -0.25) is 4.90 Å². The van der Waals surface area contributed by atoms with Crippen molar-refractivity contribution in [2.75, 3.05) is 25.4 Å². The molecule has 0 saturated heterocycles. The SMILES string of the molecule is CCCN(CCOC(C)(C)C)Cc1cccc(N)c1. The summed E-state index contributed by atoms with van der Waals surface area (Å²) >= 11 is 0. The lowest BCUT2D eigenvalue weighted by atomic mass is 10.2. The van der Waals surface area contributed by atoms with Gasteiger partial charge >= 0.3 is 0 Å². The molecule has 0 aliphatic rings. The summed E-state index contributed by atoms with van der Waals surface area (Å²) in [4.78, 5) is 2.42. The Morgan fingerprint density at radius 1 is 1.21 bits per heavy atom. The Balaban J connectivity index is 2.48. The van der Waals surface area contributed by atoms with Crippen LogP contribution in [0, 0.1) is 0 Å². The topological polar surface area (TPSA) is 38.5 Å². The maximum atomic E-state index is 5.82. The molecule has 0 aliphatic carbocycles. The van der Waals surface area contributed by atoms with Crippen molar-refractivity contribution in [2.45, 2.75) is 46.3 Å². The number of rotatable bonds is 7.